The van der Waals surface area contributed by atoms with Crippen molar-refractivity contribution in [3.8, 4) is 5.75 Å². The van der Waals surface area contributed by atoms with E-state index in [2.05, 4.69) is 0 Å². The lowest BCUT2D eigenvalue weighted by atomic mass is 10.1. The Bertz CT molecular complexity index is 363. The molecule has 0 aliphatic heterocycles. The van der Waals surface area contributed by atoms with Gasteiger partial charge in [0.2, 0.25) is 0 Å². The standard InChI is InChI=1S/C15H24O4/c1-4-17-8-9-18-11-14-10-13(12(3)16)6-7-15(14)19-5-2/h6-7,10,12,16H,4-5,8-9,11H2,1-3H3. The minimum absolute atomic E-state index is 0.461. The molecule has 0 spiro atoms. The second kappa shape index (κ2) is 8.91. The summed E-state index contributed by atoms with van der Waals surface area (Å²) in [6.07, 6.45) is -0.488. The van der Waals surface area contributed by atoms with Gasteiger partial charge in [-0.15, -0.1) is 0 Å². The zero-order valence-electron chi connectivity index (χ0n) is 12.0. The Morgan fingerprint density at radius 1 is 1.11 bits per heavy atom. The van der Waals surface area contributed by atoms with E-state index in [0.717, 1.165) is 16.9 Å². The van der Waals surface area contributed by atoms with Crippen molar-refractivity contribution in [3.63, 3.8) is 0 Å². The third-order valence-electron chi connectivity index (χ3n) is 2.70. The number of hydrogen-bond donors (Lipinski definition) is 1. The molecular formula is C15H24O4. The van der Waals surface area contributed by atoms with Gasteiger partial charge in [0, 0.05) is 12.2 Å². The average molecular weight is 268 g/mol. The molecule has 0 heterocycles. The third-order valence-corrected chi connectivity index (χ3v) is 2.70. The molecule has 4 nitrogen and oxygen atoms in total. The minimum atomic E-state index is -0.488. The maximum Gasteiger partial charge on any atom is 0.124 e. The maximum absolute atomic E-state index is 9.61. The molecule has 0 amide bonds. The van der Waals surface area contributed by atoms with Crippen molar-refractivity contribution < 1.29 is 19.3 Å². The Hall–Kier alpha value is -1.10. The second-order valence-corrected chi connectivity index (χ2v) is 4.23. The highest BCUT2D eigenvalue weighted by Crippen LogP contribution is 2.24. The first-order valence-electron chi connectivity index (χ1n) is 6.78. The molecule has 0 radical (unpaired) electrons. The van der Waals surface area contributed by atoms with Crippen LogP contribution in [0.15, 0.2) is 18.2 Å². The van der Waals surface area contributed by atoms with Crippen LogP contribution in [0.1, 0.15) is 38.0 Å². The fourth-order valence-electron chi connectivity index (χ4n) is 1.71. The zero-order valence-corrected chi connectivity index (χ0v) is 12.0. The van der Waals surface area contributed by atoms with Crippen LogP contribution in [0.5, 0.6) is 5.75 Å². The summed E-state index contributed by atoms with van der Waals surface area (Å²) >= 11 is 0. The maximum atomic E-state index is 9.61. The first kappa shape index (κ1) is 16.0. The largest absolute Gasteiger partial charge is 0.494 e. The number of ether oxygens (including phenoxy) is 3. The molecule has 108 valence electrons. The molecule has 1 unspecified atom stereocenters. The molecule has 1 N–H and O–H groups in total. The Labute approximate surface area is 115 Å². The van der Waals surface area contributed by atoms with Gasteiger partial charge in [-0.25, -0.2) is 0 Å². The Balaban J connectivity index is 2.63. The average Bonchev–Trinajstić information content (AvgIpc) is 2.40. The SMILES string of the molecule is CCOCCOCc1cc(C(C)O)ccc1OCC. The molecule has 19 heavy (non-hydrogen) atoms. The van der Waals surface area contributed by atoms with E-state index < -0.39 is 6.10 Å². The second-order valence-electron chi connectivity index (χ2n) is 4.23. The molecule has 0 fully saturated rings. The van der Waals surface area contributed by atoms with Crippen LogP contribution in [-0.4, -0.2) is 31.5 Å². The Morgan fingerprint density at radius 3 is 2.47 bits per heavy atom. The Kier molecular flexibility index (Phi) is 7.48. The molecule has 1 aromatic carbocycles. The normalized spacial score (nSPS) is 12.4. The van der Waals surface area contributed by atoms with Crippen molar-refractivity contribution in [2.45, 2.75) is 33.5 Å². The van der Waals surface area contributed by atoms with Crippen LogP contribution in [-0.2, 0) is 16.1 Å². The molecule has 0 aliphatic carbocycles. The van der Waals surface area contributed by atoms with Crippen LogP contribution >= 0.6 is 0 Å². The summed E-state index contributed by atoms with van der Waals surface area (Å²) in [6, 6.07) is 5.68. The molecule has 0 aliphatic rings. The summed E-state index contributed by atoms with van der Waals surface area (Å²) in [5, 5.41) is 9.61. The molecule has 0 aromatic heterocycles. The van der Waals surface area contributed by atoms with Crippen molar-refractivity contribution in [3.05, 3.63) is 29.3 Å². The molecule has 1 atom stereocenters. The highest BCUT2D eigenvalue weighted by atomic mass is 16.5. The lowest BCUT2D eigenvalue weighted by Gasteiger charge is -2.14. The van der Waals surface area contributed by atoms with Gasteiger partial charge >= 0.3 is 0 Å². The predicted molar refractivity (Wildman–Crippen MR) is 74.4 cm³/mol. The van der Waals surface area contributed by atoms with E-state index in [1.54, 1.807) is 6.92 Å². The van der Waals surface area contributed by atoms with Crippen molar-refractivity contribution >= 4 is 0 Å². The van der Waals surface area contributed by atoms with E-state index in [-0.39, 0.29) is 0 Å². The van der Waals surface area contributed by atoms with E-state index in [1.165, 1.54) is 0 Å². The third kappa shape index (κ3) is 5.59. The molecule has 1 aromatic rings. The van der Waals surface area contributed by atoms with Crippen molar-refractivity contribution in [2.75, 3.05) is 26.4 Å². The summed E-state index contributed by atoms with van der Waals surface area (Å²) in [7, 11) is 0. The van der Waals surface area contributed by atoms with Gasteiger partial charge in [0.25, 0.3) is 0 Å². The van der Waals surface area contributed by atoms with Crippen LogP contribution in [0.3, 0.4) is 0 Å². The number of rotatable bonds is 9. The van der Waals surface area contributed by atoms with Gasteiger partial charge in [-0.2, -0.15) is 0 Å². The molecule has 4 heteroatoms. The van der Waals surface area contributed by atoms with E-state index in [0.29, 0.717) is 33.0 Å². The molecule has 0 saturated heterocycles. The summed E-state index contributed by atoms with van der Waals surface area (Å²) in [5.74, 6) is 0.809. The highest BCUT2D eigenvalue weighted by Gasteiger charge is 2.08. The van der Waals surface area contributed by atoms with Crippen LogP contribution in [0.25, 0.3) is 0 Å². The fourth-order valence-corrected chi connectivity index (χ4v) is 1.71. The lowest BCUT2D eigenvalue weighted by molar-refractivity contribution is 0.0444. The van der Waals surface area contributed by atoms with E-state index in [4.69, 9.17) is 14.2 Å². The van der Waals surface area contributed by atoms with Crippen LogP contribution < -0.4 is 4.74 Å². The smallest absolute Gasteiger partial charge is 0.124 e. The van der Waals surface area contributed by atoms with Gasteiger partial charge < -0.3 is 19.3 Å². The van der Waals surface area contributed by atoms with E-state index in [9.17, 15) is 5.11 Å². The topological polar surface area (TPSA) is 47.9 Å². The highest BCUT2D eigenvalue weighted by molar-refractivity contribution is 5.37. The van der Waals surface area contributed by atoms with Crippen molar-refractivity contribution in [1.29, 1.82) is 0 Å². The van der Waals surface area contributed by atoms with E-state index >= 15 is 0 Å². The summed E-state index contributed by atoms with van der Waals surface area (Å²) in [4.78, 5) is 0. The number of aliphatic hydroxyl groups is 1. The van der Waals surface area contributed by atoms with Gasteiger partial charge in [0.15, 0.2) is 0 Å². The monoisotopic (exact) mass is 268 g/mol. The van der Waals surface area contributed by atoms with E-state index in [1.807, 2.05) is 32.0 Å². The lowest BCUT2D eigenvalue weighted by Crippen LogP contribution is -2.06. The van der Waals surface area contributed by atoms with Crippen LogP contribution in [0, 0.1) is 0 Å². The summed E-state index contributed by atoms with van der Waals surface area (Å²) < 4.78 is 16.3. The summed E-state index contributed by atoms with van der Waals surface area (Å²) in [5.41, 5.74) is 1.82. The number of hydrogen-bond acceptors (Lipinski definition) is 4. The van der Waals surface area contributed by atoms with Gasteiger partial charge in [0.1, 0.15) is 5.75 Å². The van der Waals surface area contributed by atoms with Crippen molar-refractivity contribution in [2.24, 2.45) is 0 Å². The molecule has 1 rings (SSSR count). The number of aliphatic hydroxyl groups excluding tert-OH is 1. The predicted octanol–water partition coefficient (Wildman–Crippen LogP) is 2.69. The quantitative estimate of drug-likeness (QED) is 0.700. The van der Waals surface area contributed by atoms with Gasteiger partial charge in [-0.05, 0) is 38.5 Å². The summed E-state index contributed by atoms with van der Waals surface area (Å²) in [6.45, 7) is 8.57. The fraction of sp³-hybridized carbons (Fsp3) is 0.600. The van der Waals surface area contributed by atoms with Crippen molar-refractivity contribution in [1.82, 2.24) is 0 Å². The minimum Gasteiger partial charge on any atom is -0.494 e. The molecule has 0 bridgehead atoms. The zero-order chi connectivity index (χ0) is 14.1. The van der Waals surface area contributed by atoms with Gasteiger partial charge in [-0.3, -0.25) is 0 Å². The first-order chi connectivity index (χ1) is 9.19. The molecule has 0 saturated carbocycles. The van der Waals surface area contributed by atoms with Gasteiger partial charge in [-0.1, -0.05) is 6.07 Å². The number of benzene rings is 1. The first-order valence-corrected chi connectivity index (χ1v) is 6.78. The van der Waals surface area contributed by atoms with Crippen LogP contribution in [0.2, 0.25) is 0 Å². The van der Waals surface area contributed by atoms with Gasteiger partial charge in [0.05, 0.1) is 32.5 Å². The van der Waals surface area contributed by atoms with Crippen LogP contribution in [0.4, 0.5) is 0 Å². The Morgan fingerprint density at radius 2 is 1.84 bits per heavy atom. The molecular weight excluding hydrogens is 244 g/mol.